The van der Waals surface area contributed by atoms with Crippen molar-refractivity contribution in [1.29, 1.82) is 0 Å². The lowest BCUT2D eigenvalue weighted by molar-refractivity contribution is -0.156. The molecule has 1 aliphatic heterocycles. The van der Waals surface area contributed by atoms with Crippen LogP contribution in [-0.4, -0.2) is 39.1 Å². The number of nitrogens with zero attached hydrogens (tertiary/aromatic N) is 1. The highest BCUT2D eigenvalue weighted by molar-refractivity contribution is 5.89. The second kappa shape index (κ2) is 6.16. The molecular formula is C16H21NO4. The molecule has 0 bridgehead atoms. The average molecular weight is 291 g/mol. The van der Waals surface area contributed by atoms with Crippen molar-refractivity contribution in [2.45, 2.75) is 44.6 Å². The minimum absolute atomic E-state index is 0.0332. The van der Waals surface area contributed by atoms with Gasteiger partial charge in [0.25, 0.3) is 0 Å². The molecule has 1 fully saturated rings. The van der Waals surface area contributed by atoms with Crippen molar-refractivity contribution in [1.82, 2.24) is 4.90 Å². The number of carboxylic acids is 1. The molecule has 114 valence electrons. The number of carbonyl (C=O) groups is 2. The van der Waals surface area contributed by atoms with Crippen LogP contribution in [0.5, 0.6) is 5.75 Å². The van der Waals surface area contributed by atoms with Gasteiger partial charge in [-0.3, -0.25) is 4.79 Å². The van der Waals surface area contributed by atoms with Crippen molar-refractivity contribution < 1.29 is 19.8 Å². The van der Waals surface area contributed by atoms with Gasteiger partial charge in [0, 0.05) is 12.1 Å². The number of para-hydroxylation sites is 1. The minimum atomic E-state index is -1.07. The number of phenolic OH excluding ortho intramolecular Hbond substituents is 1. The standard InChI is InChI=1S/C16H21NO4/c1-2-8-16(15(20)21)9-5-10-17(16)14(19)11-12-6-3-4-7-13(12)18/h3-4,6-7,18H,2,5,8-11H2,1H3,(H,20,21). The average Bonchev–Trinajstić information content (AvgIpc) is 2.87. The maximum absolute atomic E-state index is 12.5. The molecule has 2 N–H and O–H groups in total. The van der Waals surface area contributed by atoms with Crippen LogP contribution < -0.4 is 0 Å². The number of likely N-dealkylation sites (tertiary alicyclic amines) is 1. The third kappa shape index (κ3) is 2.86. The van der Waals surface area contributed by atoms with E-state index in [-0.39, 0.29) is 18.1 Å². The van der Waals surface area contributed by atoms with Crippen molar-refractivity contribution in [3.63, 3.8) is 0 Å². The Morgan fingerprint density at radius 2 is 2.05 bits per heavy atom. The molecule has 2 rings (SSSR count). The van der Waals surface area contributed by atoms with E-state index in [1.807, 2.05) is 6.92 Å². The smallest absolute Gasteiger partial charge is 0.329 e. The fraction of sp³-hybridized carbons (Fsp3) is 0.500. The zero-order chi connectivity index (χ0) is 15.5. The Kier molecular flexibility index (Phi) is 4.50. The van der Waals surface area contributed by atoms with E-state index in [0.29, 0.717) is 37.8 Å². The fourth-order valence-corrected chi connectivity index (χ4v) is 3.16. The summed E-state index contributed by atoms with van der Waals surface area (Å²) in [7, 11) is 0. The SMILES string of the molecule is CCCC1(C(=O)O)CCCN1C(=O)Cc1ccccc1O. The number of carboxylic acid groups (broad SMARTS) is 1. The Morgan fingerprint density at radius 3 is 2.67 bits per heavy atom. The fourth-order valence-electron chi connectivity index (χ4n) is 3.16. The molecule has 21 heavy (non-hydrogen) atoms. The monoisotopic (exact) mass is 291 g/mol. The van der Waals surface area contributed by atoms with Crippen LogP contribution in [-0.2, 0) is 16.0 Å². The van der Waals surface area contributed by atoms with E-state index in [1.165, 1.54) is 11.0 Å². The van der Waals surface area contributed by atoms with Gasteiger partial charge in [0.15, 0.2) is 0 Å². The summed E-state index contributed by atoms with van der Waals surface area (Å²) in [5.41, 5.74) is -0.541. The number of rotatable bonds is 5. The van der Waals surface area contributed by atoms with Gasteiger partial charge in [-0.1, -0.05) is 31.5 Å². The molecule has 1 aliphatic rings. The Morgan fingerprint density at radius 1 is 1.33 bits per heavy atom. The second-order valence-corrected chi connectivity index (χ2v) is 5.54. The van der Waals surface area contributed by atoms with Crippen molar-refractivity contribution in [2.75, 3.05) is 6.54 Å². The molecule has 0 radical (unpaired) electrons. The molecule has 5 nitrogen and oxygen atoms in total. The molecule has 0 aromatic heterocycles. The van der Waals surface area contributed by atoms with Crippen LogP contribution in [0.2, 0.25) is 0 Å². The van der Waals surface area contributed by atoms with Crippen LogP contribution in [0, 0.1) is 0 Å². The topological polar surface area (TPSA) is 77.8 Å². The molecule has 1 unspecified atom stereocenters. The van der Waals surface area contributed by atoms with E-state index in [1.54, 1.807) is 18.2 Å². The number of hydrogen-bond donors (Lipinski definition) is 2. The van der Waals surface area contributed by atoms with E-state index in [2.05, 4.69) is 0 Å². The number of amides is 1. The second-order valence-electron chi connectivity index (χ2n) is 5.54. The predicted molar refractivity (Wildman–Crippen MR) is 78.0 cm³/mol. The Hall–Kier alpha value is -2.04. The lowest BCUT2D eigenvalue weighted by Gasteiger charge is -2.34. The molecular weight excluding hydrogens is 270 g/mol. The number of aliphatic carboxylic acids is 1. The molecule has 1 heterocycles. The molecule has 5 heteroatoms. The van der Waals surface area contributed by atoms with Crippen LogP contribution in [0.15, 0.2) is 24.3 Å². The zero-order valence-corrected chi connectivity index (χ0v) is 12.2. The van der Waals surface area contributed by atoms with E-state index in [0.717, 1.165) is 0 Å². The number of aromatic hydroxyl groups is 1. The van der Waals surface area contributed by atoms with Gasteiger partial charge in [-0.15, -0.1) is 0 Å². The van der Waals surface area contributed by atoms with E-state index < -0.39 is 11.5 Å². The molecule has 1 atom stereocenters. The van der Waals surface area contributed by atoms with Crippen LogP contribution in [0.1, 0.15) is 38.2 Å². The van der Waals surface area contributed by atoms with Gasteiger partial charge in [-0.05, 0) is 25.3 Å². The zero-order valence-electron chi connectivity index (χ0n) is 12.2. The first kappa shape index (κ1) is 15.4. The highest BCUT2D eigenvalue weighted by atomic mass is 16.4. The van der Waals surface area contributed by atoms with Crippen molar-refractivity contribution in [3.8, 4) is 5.75 Å². The molecule has 1 amide bonds. The number of phenols is 1. The minimum Gasteiger partial charge on any atom is -0.508 e. The summed E-state index contributed by atoms with van der Waals surface area (Å²) in [5, 5.41) is 19.3. The van der Waals surface area contributed by atoms with Gasteiger partial charge < -0.3 is 15.1 Å². The van der Waals surface area contributed by atoms with E-state index >= 15 is 0 Å². The van der Waals surface area contributed by atoms with E-state index in [4.69, 9.17) is 0 Å². The van der Waals surface area contributed by atoms with Crippen LogP contribution >= 0.6 is 0 Å². The summed E-state index contributed by atoms with van der Waals surface area (Å²) in [6.45, 7) is 2.40. The van der Waals surface area contributed by atoms with Gasteiger partial charge >= 0.3 is 5.97 Å². The number of hydrogen-bond acceptors (Lipinski definition) is 3. The molecule has 1 saturated heterocycles. The Bertz CT molecular complexity index is 543. The Balaban J connectivity index is 2.21. The summed E-state index contributed by atoms with van der Waals surface area (Å²) in [5.74, 6) is -1.08. The molecule has 1 aromatic carbocycles. The summed E-state index contributed by atoms with van der Waals surface area (Å²) in [6.07, 6.45) is 2.43. The molecule has 0 aliphatic carbocycles. The lowest BCUT2D eigenvalue weighted by Crippen LogP contribution is -2.53. The molecule has 1 aromatic rings. The van der Waals surface area contributed by atoms with Crippen molar-refractivity contribution in [2.24, 2.45) is 0 Å². The number of carbonyl (C=O) groups excluding carboxylic acids is 1. The summed E-state index contributed by atoms with van der Waals surface area (Å²) < 4.78 is 0. The first-order valence-corrected chi connectivity index (χ1v) is 7.32. The highest BCUT2D eigenvalue weighted by Crippen LogP contribution is 2.35. The van der Waals surface area contributed by atoms with Gasteiger partial charge in [-0.25, -0.2) is 4.79 Å². The summed E-state index contributed by atoms with van der Waals surface area (Å²) in [6, 6.07) is 6.66. The molecule has 0 spiro atoms. The largest absolute Gasteiger partial charge is 0.508 e. The summed E-state index contributed by atoms with van der Waals surface area (Å²) >= 11 is 0. The first-order chi connectivity index (χ1) is 10.0. The van der Waals surface area contributed by atoms with Gasteiger partial charge in [0.1, 0.15) is 11.3 Å². The lowest BCUT2D eigenvalue weighted by atomic mass is 9.90. The Labute approximate surface area is 124 Å². The van der Waals surface area contributed by atoms with Crippen molar-refractivity contribution in [3.05, 3.63) is 29.8 Å². The van der Waals surface area contributed by atoms with Crippen LogP contribution in [0.3, 0.4) is 0 Å². The van der Waals surface area contributed by atoms with Crippen LogP contribution in [0.4, 0.5) is 0 Å². The summed E-state index contributed by atoms with van der Waals surface area (Å²) in [4.78, 5) is 25.7. The predicted octanol–water partition coefficient (Wildman–Crippen LogP) is 2.18. The molecule has 0 saturated carbocycles. The van der Waals surface area contributed by atoms with Crippen molar-refractivity contribution >= 4 is 11.9 Å². The van der Waals surface area contributed by atoms with Gasteiger partial charge in [0.2, 0.25) is 5.91 Å². The van der Waals surface area contributed by atoms with Crippen LogP contribution in [0.25, 0.3) is 0 Å². The quantitative estimate of drug-likeness (QED) is 0.871. The highest BCUT2D eigenvalue weighted by Gasteiger charge is 2.48. The first-order valence-electron chi connectivity index (χ1n) is 7.32. The van der Waals surface area contributed by atoms with E-state index in [9.17, 15) is 19.8 Å². The number of benzene rings is 1. The normalized spacial score (nSPS) is 21.5. The van der Waals surface area contributed by atoms with Gasteiger partial charge in [0.05, 0.1) is 6.42 Å². The maximum atomic E-state index is 12.5. The van der Waals surface area contributed by atoms with Gasteiger partial charge in [-0.2, -0.15) is 0 Å². The maximum Gasteiger partial charge on any atom is 0.329 e. The third-order valence-corrected chi connectivity index (χ3v) is 4.18. The third-order valence-electron chi connectivity index (χ3n) is 4.18.